The number of Topliss-reactive ketones (excluding diaryl/α,β-unsaturated/α-hetero) is 1. The molecule has 6 nitrogen and oxygen atoms in total. The van der Waals surface area contributed by atoms with E-state index in [0.717, 1.165) is 11.6 Å². The number of anilines is 1. The first-order valence-corrected chi connectivity index (χ1v) is 13.2. The Labute approximate surface area is 235 Å². The normalized spacial score (nSPS) is 17.7. The maximum Gasteiger partial charge on any atom is 0.387 e. The smallest absolute Gasteiger partial charge is 0.387 e. The summed E-state index contributed by atoms with van der Waals surface area (Å²) in [5.41, 5.74) is 9.71. The molecule has 0 spiro atoms. The van der Waals surface area contributed by atoms with E-state index in [9.17, 15) is 22.4 Å². The Bertz CT molecular complexity index is 1510. The fourth-order valence-electron chi connectivity index (χ4n) is 4.64. The minimum absolute atomic E-state index is 0.0447. The van der Waals surface area contributed by atoms with Crippen LogP contribution in [-0.4, -0.2) is 30.4 Å². The molecule has 0 saturated heterocycles. The molecule has 4 rings (SSSR count). The van der Waals surface area contributed by atoms with Crippen molar-refractivity contribution in [3.8, 4) is 5.75 Å². The predicted octanol–water partition coefficient (Wildman–Crippen LogP) is 7.14. The molecule has 2 aliphatic rings. The molecule has 0 radical (unpaired) electrons. The Morgan fingerprint density at radius 3 is 2.71 bits per heavy atom. The molecular weight excluding hydrogens is 536 g/mol. The molecule has 0 fully saturated rings. The van der Waals surface area contributed by atoms with Crippen LogP contribution in [0.15, 0.2) is 77.1 Å². The number of allylic oxidation sites excluding steroid dienone is 6. The lowest BCUT2D eigenvalue weighted by molar-refractivity contribution is -0.0525. The van der Waals surface area contributed by atoms with Gasteiger partial charge in [-0.15, -0.1) is 0 Å². The van der Waals surface area contributed by atoms with Crippen molar-refractivity contribution in [3.05, 3.63) is 100 Å². The van der Waals surface area contributed by atoms with Gasteiger partial charge in [0.1, 0.15) is 0 Å². The maximum absolute atomic E-state index is 15.0. The molecule has 0 unspecified atom stereocenters. The monoisotopic (exact) mass is 566 g/mol. The second-order valence-corrected chi connectivity index (χ2v) is 9.45. The molecule has 10 heteroatoms. The van der Waals surface area contributed by atoms with Gasteiger partial charge in [-0.25, -0.2) is 4.39 Å². The highest BCUT2D eigenvalue weighted by Gasteiger charge is 2.27. The Morgan fingerprint density at radius 1 is 1.17 bits per heavy atom. The quantitative estimate of drug-likeness (QED) is 0.144. The van der Waals surface area contributed by atoms with E-state index in [1.54, 1.807) is 24.3 Å². The number of benzene rings is 2. The van der Waals surface area contributed by atoms with Crippen molar-refractivity contribution in [2.45, 2.75) is 45.6 Å². The average molecular weight is 567 g/mol. The fraction of sp³-hybridized carbons (Fsp3) is 0.258. The molecule has 1 heterocycles. The zero-order chi connectivity index (χ0) is 29.5. The Hall–Kier alpha value is -4.31. The molecule has 0 bridgehead atoms. The maximum atomic E-state index is 15.0. The molecule has 2 aromatic rings. The van der Waals surface area contributed by atoms with Gasteiger partial charge in [-0.2, -0.15) is 13.2 Å². The molecule has 1 aliphatic heterocycles. The lowest BCUT2D eigenvalue weighted by Crippen LogP contribution is -2.15. The Morgan fingerprint density at radius 2 is 1.98 bits per heavy atom. The van der Waals surface area contributed by atoms with Gasteiger partial charge in [-0.05, 0) is 68.1 Å². The van der Waals surface area contributed by atoms with Gasteiger partial charge in [0, 0.05) is 46.3 Å². The minimum atomic E-state index is -3.29. The van der Waals surface area contributed by atoms with Crippen LogP contribution in [0.3, 0.4) is 0 Å². The SMILES string of the molecule is CCc1cc(N/C2=C\C/C=C\C=C3\C(c4ccc(OC(F)F)c(F)c4F)=CN=C23)ccc1C(=O)CC(=N)CCCN. The largest absolute Gasteiger partial charge is 0.432 e. The first-order valence-electron chi connectivity index (χ1n) is 13.2. The topological polar surface area (TPSA) is 101 Å². The van der Waals surface area contributed by atoms with Gasteiger partial charge < -0.3 is 21.2 Å². The van der Waals surface area contributed by atoms with E-state index in [0.29, 0.717) is 66.2 Å². The van der Waals surface area contributed by atoms with Crippen LogP contribution < -0.4 is 15.8 Å². The second-order valence-electron chi connectivity index (χ2n) is 9.45. The highest BCUT2D eigenvalue weighted by molar-refractivity contribution is 6.25. The number of nitrogens with zero attached hydrogens (tertiary/aromatic N) is 1. The van der Waals surface area contributed by atoms with E-state index in [4.69, 9.17) is 11.1 Å². The van der Waals surface area contributed by atoms with E-state index in [1.165, 1.54) is 12.3 Å². The third-order valence-corrected chi connectivity index (χ3v) is 6.66. The molecule has 0 amide bonds. The Kier molecular flexibility index (Phi) is 9.67. The van der Waals surface area contributed by atoms with Crippen molar-refractivity contribution < 1.29 is 27.1 Å². The number of hydrogen-bond acceptors (Lipinski definition) is 6. The van der Waals surface area contributed by atoms with E-state index < -0.39 is 24.0 Å². The number of aliphatic imine (C=N–C) groups is 1. The molecule has 2 aromatic carbocycles. The molecule has 41 heavy (non-hydrogen) atoms. The van der Waals surface area contributed by atoms with Crippen LogP contribution in [0.1, 0.15) is 54.1 Å². The summed E-state index contributed by atoms with van der Waals surface area (Å²) in [6, 6.07) is 7.52. The van der Waals surface area contributed by atoms with Gasteiger partial charge in [0.25, 0.3) is 0 Å². The van der Waals surface area contributed by atoms with Crippen LogP contribution in [0.2, 0.25) is 0 Å². The summed E-state index contributed by atoms with van der Waals surface area (Å²) in [6.07, 6.45) is 11.1. The molecule has 0 saturated carbocycles. The van der Waals surface area contributed by atoms with Gasteiger partial charge in [0.15, 0.2) is 17.3 Å². The summed E-state index contributed by atoms with van der Waals surface area (Å²) in [5, 5.41) is 11.4. The third-order valence-electron chi connectivity index (χ3n) is 6.66. The predicted molar refractivity (Wildman–Crippen MR) is 153 cm³/mol. The first kappa shape index (κ1) is 29.7. The average Bonchev–Trinajstić information content (AvgIpc) is 3.34. The van der Waals surface area contributed by atoms with Gasteiger partial charge in [-0.3, -0.25) is 9.79 Å². The summed E-state index contributed by atoms with van der Waals surface area (Å²) >= 11 is 0. The van der Waals surface area contributed by atoms with Gasteiger partial charge in [0.2, 0.25) is 5.82 Å². The van der Waals surface area contributed by atoms with E-state index >= 15 is 0 Å². The number of carbonyl (C=O) groups excluding carboxylic acids is 1. The molecule has 0 aromatic heterocycles. The second kappa shape index (κ2) is 13.4. The van der Waals surface area contributed by atoms with Crippen LogP contribution in [0.5, 0.6) is 5.75 Å². The summed E-state index contributed by atoms with van der Waals surface area (Å²) in [5.74, 6) is -3.83. The van der Waals surface area contributed by atoms with Crippen LogP contribution >= 0.6 is 0 Å². The van der Waals surface area contributed by atoms with Gasteiger partial charge in [0.05, 0.1) is 11.4 Å². The Balaban J connectivity index is 1.57. The number of ketones is 1. The van der Waals surface area contributed by atoms with Crippen LogP contribution in [-0.2, 0) is 6.42 Å². The van der Waals surface area contributed by atoms with Crippen LogP contribution in [0.25, 0.3) is 5.57 Å². The molecule has 4 N–H and O–H groups in total. The number of rotatable bonds is 12. The summed E-state index contributed by atoms with van der Waals surface area (Å²) in [7, 11) is 0. The fourth-order valence-corrected chi connectivity index (χ4v) is 4.64. The number of halogens is 4. The number of carbonyl (C=O) groups is 1. The van der Waals surface area contributed by atoms with Crippen LogP contribution in [0, 0.1) is 17.0 Å². The van der Waals surface area contributed by atoms with Crippen LogP contribution in [0.4, 0.5) is 23.2 Å². The molecular formula is C31H30F4N4O2. The highest BCUT2D eigenvalue weighted by atomic mass is 19.3. The molecule has 214 valence electrons. The number of hydrogen-bond donors (Lipinski definition) is 3. The summed E-state index contributed by atoms with van der Waals surface area (Å²) in [4.78, 5) is 17.4. The number of ether oxygens (including phenoxy) is 1. The molecule has 1 aliphatic carbocycles. The lowest BCUT2D eigenvalue weighted by atomic mass is 9.93. The van der Waals surface area contributed by atoms with Crippen molar-refractivity contribution >= 4 is 28.5 Å². The van der Waals surface area contributed by atoms with E-state index in [2.05, 4.69) is 15.0 Å². The number of aryl methyl sites for hydroxylation is 1. The zero-order valence-electron chi connectivity index (χ0n) is 22.4. The van der Waals surface area contributed by atoms with Gasteiger partial charge in [-0.1, -0.05) is 31.2 Å². The van der Waals surface area contributed by atoms with Crippen molar-refractivity contribution in [2.24, 2.45) is 10.7 Å². The van der Waals surface area contributed by atoms with Crippen molar-refractivity contribution in [1.29, 1.82) is 5.41 Å². The lowest BCUT2D eigenvalue weighted by Gasteiger charge is -2.18. The number of fused-ring (bicyclic) bond motifs is 1. The number of alkyl halides is 2. The zero-order valence-corrected chi connectivity index (χ0v) is 22.4. The van der Waals surface area contributed by atoms with E-state index in [-0.39, 0.29) is 23.3 Å². The van der Waals surface area contributed by atoms with E-state index in [1.807, 2.05) is 25.1 Å². The summed E-state index contributed by atoms with van der Waals surface area (Å²) < 4.78 is 58.7. The molecule has 0 atom stereocenters. The standard InChI is InChI=1S/C31H30F4N4O2/c1-2-18-15-20(10-11-21(18)26(40)16-19(37)7-6-14-36)39-25-9-5-3-4-8-23-24(17-38-30(23)25)22-12-13-27(41-31(34)35)29(33)28(22)32/h3-4,8-13,15,17,31,37,39H,2,5-7,14,16,36H2,1H3/b4-3-,23-8-,25-9-,37-19?. The highest BCUT2D eigenvalue weighted by Crippen LogP contribution is 2.37. The van der Waals surface area contributed by atoms with Crippen molar-refractivity contribution in [2.75, 3.05) is 11.9 Å². The van der Waals surface area contributed by atoms with Gasteiger partial charge >= 0.3 is 6.61 Å². The third kappa shape index (κ3) is 6.89. The number of nitrogens with one attached hydrogen (secondary N) is 2. The number of nitrogens with two attached hydrogens (primary N) is 1. The summed E-state index contributed by atoms with van der Waals surface area (Å²) in [6.45, 7) is -0.877. The minimum Gasteiger partial charge on any atom is -0.432 e. The first-order chi connectivity index (χ1) is 19.7. The van der Waals surface area contributed by atoms with Crippen molar-refractivity contribution in [1.82, 2.24) is 0 Å². The van der Waals surface area contributed by atoms with Crippen molar-refractivity contribution in [3.63, 3.8) is 0 Å².